The summed E-state index contributed by atoms with van der Waals surface area (Å²) in [5, 5.41) is 0.0537. The Bertz CT molecular complexity index is 611. The standard InChI is InChI=1S/C13H11BrF3NO/c1-7(2)19-12-6-10(13(15,16)17)9-5-8(14)3-4-11(9)18-12/h3-7H,1-2H3. The zero-order chi connectivity index (χ0) is 14.2. The number of rotatable bonds is 2. The molecule has 0 spiro atoms. The Hall–Kier alpha value is -1.30. The number of ether oxygens (including phenoxy) is 1. The van der Waals surface area contributed by atoms with Crippen LogP contribution in [0.1, 0.15) is 19.4 Å². The van der Waals surface area contributed by atoms with Crippen LogP contribution in [0.5, 0.6) is 5.88 Å². The Kier molecular flexibility index (Phi) is 3.71. The number of aromatic nitrogens is 1. The largest absolute Gasteiger partial charge is 0.475 e. The van der Waals surface area contributed by atoms with E-state index in [9.17, 15) is 13.2 Å². The number of alkyl halides is 3. The molecule has 6 heteroatoms. The van der Waals surface area contributed by atoms with Gasteiger partial charge in [-0.2, -0.15) is 13.2 Å². The molecule has 0 aliphatic rings. The molecule has 19 heavy (non-hydrogen) atoms. The van der Waals surface area contributed by atoms with E-state index in [1.54, 1.807) is 19.9 Å². The first kappa shape index (κ1) is 14.1. The molecule has 0 aliphatic carbocycles. The third kappa shape index (κ3) is 3.18. The van der Waals surface area contributed by atoms with Gasteiger partial charge in [-0.05, 0) is 32.0 Å². The van der Waals surface area contributed by atoms with Crippen molar-refractivity contribution in [1.82, 2.24) is 4.98 Å². The van der Waals surface area contributed by atoms with Crippen molar-refractivity contribution in [1.29, 1.82) is 0 Å². The fraction of sp³-hybridized carbons (Fsp3) is 0.308. The second-order valence-corrected chi connectivity index (χ2v) is 5.25. The molecule has 2 rings (SSSR count). The Morgan fingerprint density at radius 2 is 1.89 bits per heavy atom. The molecule has 1 aromatic carbocycles. The van der Waals surface area contributed by atoms with Crippen LogP contribution in [-0.4, -0.2) is 11.1 Å². The van der Waals surface area contributed by atoms with Gasteiger partial charge in [-0.15, -0.1) is 0 Å². The maximum Gasteiger partial charge on any atom is 0.417 e. The van der Waals surface area contributed by atoms with Gasteiger partial charge in [0.2, 0.25) is 5.88 Å². The summed E-state index contributed by atoms with van der Waals surface area (Å²) in [7, 11) is 0. The van der Waals surface area contributed by atoms with E-state index in [4.69, 9.17) is 4.74 Å². The van der Waals surface area contributed by atoms with Gasteiger partial charge in [-0.3, -0.25) is 0 Å². The topological polar surface area (TPSA) is 22.1 Å². The van der Waals surface area contributed by atoms with Crippen molar-refractivity contribution in [2.45, 2.75) is 26.1 Å². The van der Waals surface area contributed by atoms with Crippen molar-refractivity contribution in [3.05, 3.63) is 34.3 Å². The highest BCUT2D eigenvalue weighted by molar-refractivity contribution is 9.10. The second-order valence-electron chi connectivity index (χ2n) is 4.33. The molecular formula is C13H11BrF3NO. The fourth-order valence-corrected chi connectivity index (χ4v) is 2.07. The van der Waals surface area contributed by atoms with Crippen LogP contribution < -0.4 is 4.74 Å². The van der Waals surface area contributed by atoms with E-state index in [0.29, 0.717) is 4.47 Å². The van der Waals surface area contributed by atoms with Gasteiger partial charge in [0.05, 0.1) is 17.2 Å². The summed E-state index contributed by atoms with van der Waals surface area (Å²) in [6, 6.07) is 5.52. The van der Waals surface area contributed by atoms with E-state index >= 15 is 0 Å². The summed E-state index contributed by atoms with van der Waals surface area (Å²) in [6.07, 6.45) is -4.68. The lowest BCUT2D eigenvalue weighted by molar-refractivity contribution is -0.136. The number of hydrogen-bond donors (Lipinski definition) is 0. The predicted molar refractivity (Wildman–Crippen MR) is 70.2 cm³/mol. The maximum absolute atomic E-state index is 13.1. The molecule has 2 nitrogen and oxygen atoms in total. The van der Waals surface area contributed by atoms with E-state index < -0.39 is 11.7 Å². The fourth-order valence-electron chi connectivity index (χ4n) is 1.71. The Morgan fingerprint density at radius 3 is 2.47 bits per heavy atom. The third-order valence-electron chi connectivity index (χ3n) is 2.41. The van der Waals surface area contributed by atoms with E-state index in [2.05, 4.69) is 20.9 Å². The summed E-state index contributed by atoms with van der Waals surface area (Å²) >= 11 is 3.17. The summed E-state index contributed by atoms with van der Waals surface area (Å²) in [5.74, 6) is -0.0165. The molecule has 0 radical (unpaired) electrons. The number of hydrogen-bond acceptors (Lipinski definition) is 2. The summed E-state index contributed by atoms with van der Waals surface area (Å²) < 4.78 is 45.0. The lowest BCUT2D eigenvalue weighted by atomic mass is 10.1. The van der Waals surface area contributed by atoms with Crippen molar-refractivity contribution in [2.24, 2.45) is 0 Å². The lowest BCUT2D eigenvalue weighted by Crippen LogP contribution is -2.11. The second kappa shape index (κ2) is 5.00. The molecule has 1 aromatic heterocycles. The van der Waals surface area contributed by atoms with Crippen molar-refractivity contribution < 1.29 is 17.9 Å². The first-order chi connectivity index (χ1) is 8.77. The molecule has 0 saturated carbocycles. The quantitative estimate of drug-likeness (QED) is 0.787. The van der Waals surface area contributed by atoms with Gasteiger partial charge in [0, 0.05) is 15.9 Å². The normalized spacial score (nSPS) is 12.2. The number of halogens is 4. The molecule has 0 fully saturated rings. The third-order valence-corrected chi connectivity index (χ3v) is 2.90. The minimum Gasteiger partial charge on any atom is -0.475 e. The summed E-state index contributed by atoms with van der Waals surface area (Å²) in [5.41, 5.74) is -0.483. The summed E-state index contributed by atoms with van der Waals surface area (Å²) in [6.45, 7) is 3.47. The van der Waals surface area contributed by atoms with Gasteiger partial charge in [0.15, 0.2) is 0 Å². The van der Waals surface area contributed by atoms with Crippen molar-refractivity contribution in [3.63, 3.8) is 0 Å². The van der Waals surface area contributed by atoms with Crippen molar-refractivity contribution in [3.8, 4) is 5.88 Å². The van der Waals surface area contributed by atoms with Crippen LogP contribution >= 0.6 is 15.9 Å². The first-order valence-electron chi connectivity index (χ1n) is 5.61. The lowest BCUT2D eigenvalue weighted by Gasteiger charge is -2.14. The minimum atomic E-state index is -4.45. The molecule has 0 amide bonds. The predicted octanol–water partition coefficient (Wildman–Crippen LogP) is 4.80. The van der Waals surface area contributed by atoms with E-state index in [1.165, 1.54) is 12.1 Å². The molecular weight excluding hydrogens is 323 g/mol. The number of benzene rings is 1. The zero-order valence-corrected chi connectivity index (χ0v) is 11.8. The van der Waals surface area contributed by atoms with Crippen LogP contribution in [0.4, 0.5) is 13.2 Å². The molecule has 0 atom stereocenters. The number of pyridine rings is 1. The molecule has 0 saturated heterocycles. The van der Waals surface area contributed by atoms with E-state index in [0.717, 1.165) is 6.07 Å². The number of fused-ring (bicyclic) bond motifs is 1. The highest BCUT2D eigenvalue weighted by Crippen LogP contribution is 2.37. The Balaban J connectivity index is 2.69. The smallest absolute Gasteiger partial charge is 0.417 e. The average molecular weight is 334 g/mol. The van der Waals surface area contributed by atoms with Crippen LogP contribution in [-0.2, 0) is 6.18 Å². The average Bonchev–Trinajstić information content (AvgIpc) is 2.26. The van der Waals surface area contributed by atoms with Gasteiger partial charge in [-0.25, -0.2) is 4.98 Å². The van der Waals surface area contributed by atoms with Crippen LogP contribution in [0.15, 0.2) is 28.7 Å². The molecule has 2 aromatic rings. The maximum atomic E-state index is 13.1. The van der Waals surface area contributed by atoms with Crippen LogP contribution in [0.25, 0.3) is 10.9 Å². The number of nitrogens with zero attached hydrogens (tertiary/aromatic N) is 1. The first-order valence-corrected chi connectivity index (χ1v) is 6.41. The van der Waals surface area contributed by atoms with Gasteiger partial charge >= 0.3 is 6.18 Å². The van der Waals surface area contributed by atoms with Gasteiger partial charge in [0.1, 0.15) is 0 Å². The highest BCUT2D eigenvalue weighted by Gasteiger charge is 2.33. The zero-order valence-electron chi connectivity index (χ0n) is 10.3. The Labute approximate surface area is 116 Å². The van der Waals surface area contributed by atoms with E-state index in [-0.39, 0.29) is 22.9 Å². The molecule has 102 valence electrons. The SMILES string of the molecule is CC(C)Oc1cc(C(F)(F)F)c2cc(Br)ccc2n1. The molecule has 0 N–H and O–H groups in total. The minimum absolute atomic E-state index is 0.0165. The molecule has 0 unspecified atom stereocenters. The van der Waals surface area contributed by atoms with Gasteiger partial charge in [-0.1, -0.05) is 15.9 Å². The van der Waals surface area contributed by atoms with Gasteiger partial charge < -0.3 is 4.74 Å². The Morgan fingerprint density at radius 1 is 1.21 bits per heavy atom. The van der Waals surface area contributed by atoms with Crippen molar-refractivity contribution >= 4 is 26.8 Å². The molecule has 0 aliphatic heterocycles. The van der Waals surface area contributed by atoms with Gasteiger partial charge in [0.25, 0.3) is 0 Å². The van der Waals surface area contributed by atoms with Crippen molar-refractivity contribution in [2.75, 3.05) is 0 Å². The molecule has 0 bridgehead atoms. The highest BCUT2D eigenvalue weighted by atomic mass is 79.9. The molecule has 1 heterocycles. The van der Waals surface area contributed by atoms with E-state index in [1.807, 2.05) is 0 Å². The van der Waals surface area contributed by atoms with Crippen LogP contribution in [0.3, 0.4) is 0 Å². The van der Waals surface area contributed by atoms with Crippen LogP contribution in [0.2, 0.25) is 0 Å². The summed E-state index contributed by atoms with van der Waals surface area (Å²) in [4.78, 5) is 4.09. The van der Waals surface area contributed by atoms with Crippen LogP contribution in [0, 0.1) is 0 Å². The monoisotopic (exact) mass is 333 g/mol.